The molecule has 0 bridgehead atoms. The van der Waals surface area contributed by atoms with Gasteiger partial charge in [0.05, 0.1) is 6.04 Å². The molecule has 3 heterocycles. The van der Waals surface area contributed by atoms with Gasteiger partial charge in [0, 0.05) is 25.8 Å². The third kappa shape index (κ3) is 5.83. The summed E-state index contributed by atoms with van der Waals surface area (Å²) in [6.45, 7) is 3.78. The summed E-state index contributed by atoms with van der Waals surface area (Å²) in [5, 5.41) is 8.04. The van der Waals surface area contributed by atoms with Crippen LogP contribution in [0.2, 0.25) is 0 Å². The van der Waals surface area contributed by atoms with Gasteiger partial charge < -0.3 is 10.2 Å². The highest BCUT2D eigenvalue weighted by atomic mass is 35.5. The lowest BCUT2D eigenvalue weighted by Crippen LogP contribution is -2.40. The molecule has 1 amide bonds. The van der Waals surface area contributed by atoms with Crippen LogP contribution in [-0.4, -0.2) is 46.8 Å². The van der Waals surface area contributed by atoms with Crippen LogP contribution in [0.4, 0.5) is 0 Å². The molecule has 6 heteroatoms. The van der Waals surface area contributed by atoms with E-state index in [-0.39, 0.29) is 18.3 Å². The minimum atomic E-state index is 0. The van der Waals surface area contributed by atoms with E-state index < -0.39 is 0 Å². The molecule has 1 aromatic carbocycles. The topological polar surface area (TPSA) is 50.2 Å². The largest absolute Gasteiger partial charge is 0.337 e. The van der Waals surface area contributed by atoms with Gasteiger partial charge in [-0.25, -0.2) is 0 Å². The first kappa shape index (κ1) is 21.8. The van der Waals surface area contributed by atoms with Gasteiger partial charge in [0.2, 0.25) is 0 Å². The van der Waals surface area contributed by atoms with Crippen molar-refractivity contribution in [1.82, 2.24) is 20.0 Å². The van der Waals surface area contributed by atoms with E-state index in [1.807, 2.05) is 21.8 Å². The summed E-state index contributed by atoms with van der Waals surface area (Å²) in [6, 6.07) is 13.0. The summed E-state index contributed by atoms with van der Waals surface area (Å²) in [5.74, 6) is 0.723. The maximum atomic E-state index is 13.0. The average Bonchev–Trinajstić information content (AvgIpc) is 3.25. The van der Waals surface area contributed by atoms with Gasteiger partial charge in [-0.05, 0) is 69.0 Å². The Balaban J connectivity index is 0.00000240. The molecule has 158 valence electrons. The molecule has 0 aliphatic carbocycles. The van der Waals surface area contributed by atoms with E-state index in [0.717, 1.165) is 45.4 Å². The fourth-order valence-corrected chi connectivity index (χ4v) is 4.60. The van der Waals surface area contributed by atoms with Gasteiger partial charge in [0.1, 0.15) is 5.69 Å². The second-order valence-corrected chi connectivity index (χ2v) is 8.32. The first-order valence-corrected chi connectivity index (χ1v) is 10.9. The van der Waals surface area contributed by atoms with Crippen LogP contribution >= 0.6 is 12.4 Å². The van der Waals surface area contributed by atoms with Gasteiger partial charge in [-0.15, -0.1) is 12.4 Å². The number of halogens is 1. The van der Waals surface area contributed by atoms with Crippen LogP contribution in [-0.2, 0) is 6.42 Å². The summed E-state index contributed by atoms with van der Waals surface area (Å²) in [4.78, 5) is 15.0. The highest BCUT2D eigenvalue weighted by molar-refractivity contribution is 5.92. The number of hydrogen-bond acceptors (Lipinski definition) is 3. The molecule has 2 unspecified atom stereocenters. The average molecular weight is 417 g/mol. The third-order valence-corrected chi connectivity index (χ3v) is 6.20. The quantitative estimate of drug-likeness (QED) is 0.771. The Bertz CT molecular complexity index is 757. The SMILES string of the molecule is Cl.O=C(c1ccn(C2CCCNC2)n1)N1CCCC(CCCc2ccccc2)C1. The number of nitrogens with one attached hydrogen (secondary N) is 1. The van der Waals surface area contributed by atoms with Gasteiger partial charge in [-0.2, -0.15) is 5.10 Å². The van der Waals surface area contributed by atoms with E-state index in [0.29, 0.717) is 17.7 Å². The molecule has 29 heavy (non-hydrogen) atoms. The number of aryl methyl sites for hydroxylation is 1. The molecular weight excluding hydrogens is 384 g/mol. The molecule has 1 aromatic heterocycles. The Kier molecular flexibility index (Phi) is 8.13. The van der Waals surface area contributed by atoms with Gasteiger partial charge >= 0.3 is 0 Å². The molecule has 2 atom stereocenters. The summed E-state index contributed by atoms with van der Waals surface area (Å²) in [7, 11) is 0. The molecule has 2 aromatic rings. The Hall–Kier alpha value is -1.85. The van der Waals surface area contributed by atoms with Crippen LogP contribution in [0.25, 0.3) is 0 Å². The van der Waals surface area contributed by atoms with Crippen LogP contribution < -0.4 is 5.32 Å². The van der Waals surface area contributed by atoms with Crippen LogP contribution in [0.15, 0.2) is 42.6 Å². The maximum absolute atomic E-state index is 13.0. The Morgan fingerprint density at radius 3 is 2.79 bits per heavy atom. The second kappa shape index (κ2) is 10.8. The van der Waals surface area contributed by atoms with Gasteiger partial charge in [-0.1, -0.05) is 30.3 Å². The monoisotopic (exact) mass is 416 g/mol. The number of piperidine rings is 2. The van der Waals surface area contributed by atoms with Crippen LogP contribution in [0.5, 0.6) is 0 Å². The van der Waals surface area contributed by atoms with Crippen molar-refractivity contribution >= 4 is 18.3 Å². The lowest BCUT2D eigenvalue weighted by molar-refractivity contribution is 0.0659. The van der Waals surface area contributed by atoms with Crippen molar-refractivity contribution in [2.75, 3.05) is 26.2 Å². The number of carbonyl (C=O) groups excluding carboxylic acids is 1. The van der Waals surface area contributed by atoms with Crippen molar-refractivity contribution in [3.8, 4) is 0 Å². The van der Waals surface area contributed by atoms with E-state index in [4.69, 9.17) is 0 Å². The van der Waals surface area contributed by atoms with Crippen molar-refractivity contribution in [3.63, 3.8) is 0 Å². The molecule has 2 fully saturated rings. The van der Waals surface area contributed by atoms with Gasteiger partial charge in [0.15, 0.2) is 0 Å². The van der Waals surface area contributed by atoms with E-state index in [2.05, 4.69) is 40.7 Å². The third-order valence-electron chi connectivity index (χ3n) is 6.20. The first-order chi connectivity index (χ1) is 13.8. The van der Waals surface area contributed by atoms with Crippen molar-refractivity contribution in [2.45, 2.75) is 51.0 Å². The number of nitrogens with zero attached hydrogens (tertiary/aromatic N) is 3. The molecule has 1 N–H and O–H groups in total. The van der Waals surface area contributed by atoms with E-state index in [9.17, 15) is 4.79 Å². The predicted octanol–water partition coefficient (Wildman–Crippen LogP) is 4.10. The summed E-state index contributed by atoms with van der Waals surface area (Å²) < 4.78 is 1.99. The molecule has 4 rings (SSSR count). The van der Waals surface area contributed by atoms with Gasteiger partial charge in [0.25, 0.3) is 5.91 Å². The summed E-state index contributed by atoms with van der Waals surface area (Å²) in [5.41, 5.74) is 2.02. The zero-order valence-electron chi connectivity index (χ0n) is 17.1. The summed E-state index contributed by atoms with van der Waals surface area (Å²) >= 11 is 0. The number of benzene rings is 1. The number of carbonyl (C=O) groups is 1. The number of amides is 1. The lowest BCUT2D eigenvalue weighted by atomic mass is 9.91. The number of aromatic nitrogens is 2. The molecule has 0 saturated carbocycles. The maximum Gasteiger partial charge on any atom is 0.274 e. The fraction of sp³-hybridized carbons (Fsp3) is 0.565. The zero-order chi connectivity index (χ0) is 19.2. The van der Waals surface area contributed by atoms with Crippen molar-refractivity contribution in [3.05, 3.63) is 53.9 Å². The molecule has 5 nitrogen and oxygen atoms in total. The molecular formula is C23H33ClN4O. The predicted molar refractivity (Wildman–Crippen MR) is 119 cm³/mol. The minimum Gasteiger partial charge on any atom is -0.337 e. The first-order valence-electron chi connectivity index (χ1n) is 10.9. The summed E-state index contributed by atoms with van der Waals surface area (Å²) in [6.07, 6.45) is 10.1. The molecule has 2 aliphatic heterocycles. The van der Waals surface area contributed by atoms with Crippen LogP contribution in [0.3, 0.4) is 0 Å². The number of rotatable bonds is 6. The number of likely N-dealkylation sites (tertiary alicyclic amines) is 1. The second-order valence-electron chi connectivity index (χ2n) is 8.32. The molecule has 2 aliphatic rings. The van der Waals surface area contributed by atoms with Crippen molar-refractivity contribution in [2.24, 2.45) is 5.92 Å². The minimum absolute atomic E-state index is 0. The zero-order valence-corrected chi connectivity index (χ0v) is 17.9. The van der Waals surface area contributed by atoms with Gasteiger partial charge in [-0.3, -0.25) is 9.48 Å². The normalized spacial score (nSPS) is 22.1. The highest BCUT2D eigenvalue weighted by Crippen LogP contribution is 2.23. The van der Waals surface area contributed by atoms with Crippen LogP contribution in [0.1, 0.15) is 60.6 Å². The Morgan fingerprint density at radius 1 is 1.14 bits per heavy atom. The number of hydrogen-bond donors (Lipinski definition) is 1. The van der Waals surface area contributed by atoms with E-state index in [1.54, 1.807) is 0 Å². The highest BCUT2D eigenvalue weighted by Gasteiger charge is 2.26. The lowest BCUT2D eigenvalue weighted by Gasteiger charge is -2.32. The molecule has 0 spiro atoms. The standard InChI is InChI=1S/C23H32N4O.ClH/c28-23(22-13-16-27(25-22)21-12-5-14-24-17-21)26-15-6-11-20(18-26)10-4-9-19-7-2-1-3-8-19;/h1-3,7-8,13,16,20-21,24H,4-6,9-12,14-15,17-18H2;1H. The molecule has 0 radical (unpaired) electrons. The van der Waals surface area contributed by atoms with Crippen molar-refractivity contribution < 1.29 is 4.79 Å². The fourth-order valence-electron chi connectivity index (χ4n) is 4.60. The Labute approximate surface area is 180 Å². The van der Waals surface area contributed by atoms with E-state index >= 15 is 0 Å². The van der Waals surface area contributed by atoms with E-state index in [1.165, 1.54) is 31.2 Å². The Morgan fingerprint density at radius 2 is 2.00 bits per heavy atom. The van der Waals surface area contributed by atoms with Crippen molar-refractivity contribution in [1.29, 1.82) is 0 Å². The van der Waals surface area contributed by atoms with Crippen LogP contribution in [0, 0.1) is 5.92 Å². The smallest absolute Gasteiger partial charge is 0.274 e. The molecule has 2 saturated heterocycles.